The molecule has 2 aromatic heterocycles. The Labute approximate surface area is 211 Å². The van der Waals surface area contributed by atoms with Gasteiger partial charge in [0.2, 0.25) is 0 Å². The lowest BCUT2D eigenvalue weighted by Crippen LogP contribution is -2.39. The number of amides is 1. The molecular weight excluding hydrogens is 478 g/mol. The highest BCUT2D eigenvalue weighted by atomic mass is 16.6. The highest BCUT2D eigenvalue weighted by Gasteiger charge is 2.23. The standard InChI is InChI=1S/C25H23N7O5/c26-12-16-2-4-23(29-13-16)31-7-5-17(6-8-31)30-21-11-18(28-14-20(21)24(27)33)9-15-1-3-19(25(34)35)22(10-15)32(36)37/h1-4,10-11,13-14,17H,5-9H2,(H2,27,33)(H,28,30)(H,34,35). The Kier molecular flexibility index (Phi) is 7.24. The average molecular weight is 502 g/mol. The number of carbonyl (C=O) groups is 2. The van der Waals surface area contributed by atoms with Gasteiger partial charge in [0.1, 0.15) is 17.5 Å². The predicted molar refractivity (Wildman–Crippen MR) is 133 cm³/mol. The van der Waals surface area contributed by atoms with Crippen LogP contribution in [-0.4, -0.2) is 51.0 Å². The molecule has 0 unspecified atom stereocenters. The number of primary amides is 1. The second kappa shape index (κ2) is 10.7. The van der Waals surface area contributed by atoms with Gasteiger partial charge in [-0.3, -0.25) is 19.9 Å². The summed E-state index contributed by atoms with van der Waals surface area (Å²) in [4.78, 5) is 44.6. The zero-order valence-electron chi connectivity index (χ0n) is 19.6. The lowest BCUT2D eigenvalue weighted by atomic mass is 10.0. The third-order valence-electron chi connectivity index (χ3n) is 6.16. The fraction of sp³-hybridized carbons (Fsp3) is 0.240. The summed E-state index contributed by atoms with van der Waals surface area (Å²) in [5, 5.41) is 32.8. The molecule has 37 heavy (non-hydrogen) atoms. The number of nitro groups is 1. The third kappa shape index (κ3) is 5.79. The Balaban J connectivity index is 1.48. The molecule has 4 N–H and O–H groups in total. The van der Waals surface area contributed by atoms with Crippen LogP contribution in [-0.2, 0) is 6.42 Å². The minimum absolute atomic E-state index is 0.0546. The van der Waals surface area contributed by atoms with Crippen LogP contribution in [0.5, 0.6) is 0 Å². The number of nitro benzene ring substituents is 1. The number of nitrogens with two attached hydrogens (primary N) is 1. The molecule has 1 aliphatic heterocycles. The van der Waals surface area contributed by atoms with Gasteiger partial charge in [-0.2, -0.15) is 5.26 Å². The van der Waals surface area contributed by atoms with E-state index in [1.165, 1.54) is 24.4 Å². The van der Waals surface area contributed by atoms with Gasteiger partial charge in [-0.25, -0.2) is 9.78 Å². The number of benzene rings is 1. The first-order valence-corrected chi connectivity index (χ1v) is 11.4. The van der Waals surface area contributed by atoms with Gasteiger partial charge in [0.25, 0.3) is 11.6 Å². The average Bonchev–Trinajstić information content (AvgIpc) is 2.89. The summed E-state index contributed by atoms with van der Waals surface area (Å²) < 4.78 is 0. The number of hydrogen-bond acceptors (Lipinski definition) is 9. The van der Waals surface area contributed by atoms with Crippen LogP contribution in [0.1, 0.15) is 50.4 Å². The Morgan fingerprint density at radius 2 is 1.92 bits per heavy atom. The van der Waals surface area contributed by atoms with Crippen LogP contribution in [0.25, 0.3) is 0 Å². The molecule has 0 spiro atoms. The molecule has 0 saturated carbocycles. The number of nitrogens with zero attached hydrogens (tertiary/aromatic N) is 5. The van der Waals surface area contributed by atoms with E-state index in [9.17, 15) is 24.8 Å². The molecule has 1 aromatic carbocycles. The number of piperidine rings is 1. The lowest BCUT2D eigenvalue weighted by molar-refractivity contribution is -0.385. The van der Waals surface area contributed by atoms with E-state index in [4.69, 9.17) is 11.0 Å². The summed E-state index contributed by atoms with van der Waals surface area (Å²) in [5.41, 5.74) is 6.94. The molecule has 1 amide bonds. The van der Waals surface area contributed by atoms with Gasteiger partial charge in [-0.05, 0) is 42.7 Å². The van der Waals surface area contributed by atoms with Crippen molar-refractivity contribution >= 4 is 29.1 Å². The number of hydrogen-bond donors (Lipinski definition) is 3. The Morgan fingerprint density at radius 1 is 1.16 bits per heavy atom. The summed E-state index contributed by atoms with van der Waals surface area (Å²) in [5.74, 6) is -1.22. The van der Waals surface area contributed by atoms with Crippen LogP contribution in [0.2, 0.25) is 0 Å². The summed E-state index contributed by atoms with van der Waals surface area (Å²) in [6.45, 7) is 1.44. The molecule has 12 nitrogen and oxygen atoms in total. The van der Waals surface area contributed by atoms with Crippen molar-refractivity contribution in [2.75, 3.05) is 23.3 Å². The number of nitriles is 1. The second-order valence-corrected chi connectivity index (χ2v) is 8.60. The van der Waals surface area contributed by atoms with Crippen LogP contribution in [0.4, 0.5) is 17.2 Å². The van der Waals surface area contributed by atoms with E-state index < -0.39 is 28.1 Å². The largest absolute Gasteiger partial charge is 0.477 e. The van der Waals surface area contributed by atoms with Gasteiger partial charge in [0, 0.05) is 49.7 Å². The molecule has 0 aliphatic carbocycles. The number of nitrogens with one attached hydrogen (secondary N) is 1. The molecule has 3 aromatic rings. The molecule has 3 heterocycles. The number of pyridine rings is 2. The van der Waals surface area contributed by atoms with Crippen molar-refractivity contribution in [3.8, 4) is 6.07 Å². The van der Waals surface area contributed by atoms with Crippen LogP contribution in [0, 0.1) is 21.4 Å². The third-order valence-corrected chi connectivity index (χ3v) is 6.16. The maximum Gasteiger partial charge on any atom is 0.342 e. The van der Waals surface area contributed by atoms with Gasteiger partial charge < -0.3 is 21.1 Å². The number of anilines is 2. The molecular formula is C25H23N7O5. The van der Waals surface area contributed by atoms with E-state index in [-0.39, 0.29) is 18.0 Å². The van der Waals surface area contributed by atoms with Crippen molar-refractivity contribution in [3.05, 3.63) is 86.9 Å². The molecule has 1 aliphatic rings. The van der Waals surface area contributed by atoms with Crippen LogP contribution in [0.15, 0.2) is 48.8 Å². The number of carboxylic acid groups (broad SMARTS) is 1. The fourth-order valence-corrected chi connectivity index (χ4v) is 4.25. The first kappa shape index (κ1) is 25.1. The number of carbonyl (C=O) groups excluding carboxylic acids is 1. The van der Waals surface area contributed by atoms with E-state index in [2.05, 4.69) is 26.3 Å². The number of carboxylic acids is 1. The quantitative estimate of drug-likeness (QED) is 0.306. The first-order chi connectivity index (χ1) is 17.7. The molecule has 4 rings (SSSR count). The van der Waals surface area contributed by atoms with Gasteiger partial charge in [-0.1, -0.05) is 6.07 Å². The minimum Gasteiger partial charge on any atom is -0.477 e. The normalized spacial score (nSPS) is 13.5. The minimum atomic E-state index is -1.38. The SMILES string of the molecule is N#Cc1ccc(N2CCC(Nc3cc(Cc4ccc(C(=O)O)c([N+](=O)[O-])c4)ncc3C(N)=O)CC2)nc1. The van der Waals surface area contributed by atoms with Crippen molar-refractivity contribution in [1.82, 2.24) is 9.97 Å². The van der Waals surface area contributed by atoms with Crippen molar-refractivity contribution < 1.29 is 19.6 Å². The Bertz CT molecular complexity index is 1390. The van der Waals surface area contributed by atoms with Gasteiger partial charge >= 0.3 is 5.97 Å². The monoisotopic (exact) mass is 501 g/mol. The molecule has 0 bridgehead atoms. The maximum atomic E-state index is 12.0. The maximum absolute atomic E-state index is 12.0. The lowest BCUT2D eigenvalue weighted by Gasteiger charge is -2.34. The van der Waals surface area contributed by atoms with E-state index >= 15 is 0 Å². The van der Waals surface area contributed by atoms with Crippen molar-refractivity contribution in [2.45, 2.75) is 25.3 Å². The predicted octanol–water partition coefficient (Wildman–Crippen LogP) is 2.73. The topological polar surface area (TPSA) is 188 Å². The Morgan fingerprint density at radius 3 is 2.51 bits per heavy atom. The molecule has 1 saturated heterocycles. The highest BCUT2D eigenvalue weighted by molar-refractivity contribution is 5.98. The van der Waals surface area contributed by atoms with E-state index in [0.29, 0.717) is 22.5 Å². The van der Waals surface area contributed by atoms with Crippen molar-refractivity contribution in [1.29, 1.82) is 5.26 Å². The zero-order valence-corrected chi connectivity index (χ0v) is 19.6. The molecule has 0 radical (unpaired) electrons. The number of aromatic nitrogens is 2. The fourth-order valence-electron chi connectivity index (χ4n) is 4.25. The first-order valence-electron chi connectivity index (χ1n) is 11.4. The molecule has 12 heteroatoms. The molecule has 1 fully saturated rings. The number of aromatic carboxylic acids is 1. The van der Waals surface area contributed by atoms with Gasteiger partial charge in [0.15, 0.2) is 0 Å². The second-order valence-electron chi connectivity index (χ2n) is 8.60. The molecule has 0 atom stereocenters. The van der Waals surface area contributed by atoms with Gasteiger partial charge in [0.05, 0.1) is 21.7 Å². The summed E-state index contributed by atoms with van der Waals surface area (Å²) in [6.07, 6.45) is 4.63. The highest BCUT2D eigenvalue weighted by Crippen LogP contribution is 2.26. The van der Waals surface area contributed by atoms with E-state index in [0.717, 1.165) is 31.7 Å². The van der Waals surface area contributed by atoms with Crippen LogP contribution < -0.4 is 16.0 Å². The summed E-state index contributed by atoms with van der Waals surface area (Å²) >= 11 is 0. The van der Waals surface area contributed by atoms with Crippen molar-refractivity contribution in [3.63, 3.8) is 0 Å². The van der Waals surface area contributed by atoms with Crippen LogP contribution in [0.3, 0.4) is 0 Å². The van der Waals surface area contributed by atoms with E-state index in [1.54, 1.807) is 18.3 Å². The van der Waals surface area contributed by atoms with Crippen LogP contribution >= 0.6 is 0 Å². The summed E-state index contributed by atoms with van der Waals surface area (Å²) in [6, 6.07) is 11.3. The van der Waals surface area contributed by atoms with Crippen molar-refractivity contribution in [2.24, 2.45) is 5.73 Å². The zero-order chi connectivity index (χ0) is 26.5. The molecule has 188 valence electrons. The van der Waals surface area contributed by atoms with Gasteiger partial charge in [-0.15, -0.1) is 0 Å². The smallest absolute Gasteiger partial charge is 0.342 e. The van der Waals surface area contributed by atoms with E-state index in [1.807, 2.05) is 6.07 Å². The summed E-state index contributed by atoms with van der Waals surface area (Å²) in [7, 11) is 0. The Hall–Kier alpha value is -5.05. The number of rotatable bonds is 8.